The fraction of sp³-hybridized carbons (Fsp3) is 0.294. The second-order valence-corrected chi connectivity index (χ2v) is 7.18. The smallest absolute Gasteiger partial charge is 0.306 e. The highest BCUT2D eigenvalue weighted by molar-refractivity contribution is 7.89. The van der Waals surface area contributed by atoms with E-state index in [0.717, 1.165) is 6.07 Å². The summed E-state index contributed by atoms with van der Waals surface area (Å²) in [6.07, 6.45) is -3.85. The van der Waals surface area contributed by atoms with Crippen LogP contribution >= 0.6 is 0 Å². The van der Waals surface area contributed by atoms with Crippen molar-refractivity contribution < 1.29 is 21.6 Å². The average molecular weight is 372 g/mol. The molecule has 0 unspecified atom stereocenters. The number of hydrogen-bond acceptors (Lipinski definition) is 3. The van der Waals surface area contributed by atoms with Crippen molar-refractivity contribution in [1.82, 2.24) is 5.32 Å². The molecule has 0 spiro atoms. The second kappa shape index (κ2) is 7.55. The summed E-state index contributed by atoms with van der Waals surface area (Å²) in [5.41, 5.74) is 0.102. The summed E-state index contributed by atoms with van der Waals surface area (Å²) in [4.78, 5) is -0.0269. The van der Waals surface area contributed by atoms with E-state index in [-0.39, 0.29) is 23.0 Å². The molecule has 0 bridgehead atoms. The highest BCUT2D eigenvalue weighted by atomic mass is 32.2. The van der Waals surface area contributed by atoms with Gasteiger partial charge in [0.15, 0.2) is 0 Å². The van der Waals surface area contributed by atoms with Gasteiger partial charge in [-0.1, -0.05) is 37.3 Å². The van der Waals surface area contributed by atoms with Crippen LogP contribution in [0, 0.1) is 0 Å². The molecule has 136 valence electrons. The van der Waals surface area contributed by atoms with Gasteiger partial charge in [-0.25, -0.2) is 13.6 Å². The third kappa shape index (κ3) is 5.04. The van der Waals surface area contributed by atoms with Crippen LogP contribution in [0.4, 0.5) is 13.2 Å². The lowest BCUT2D eigenvalue weighted by Crippen LogP contribution is -2.23. The van der Waals surface area contributed by atoms with Gasteiger partial charge in [-0.15, -0.1) is 0 Å². The average Bonchev–Trinajstić information content (AvgIpc) is 2.54. The normalized spacial score (nSPS) is 13.6. The molecule has 1 atom stereocenters. The molecule has 2 aromatic rings. The number of alkyl halides is 3. The van der Waals surface area contributed by atoms with Crippen LogP contribution < -0.4 is 10.5 Å². The summed E-state index contributed by atoms with van der Waals surface area (Å²) in [6.45, 7) is 1.87. The molecule has 2 aromatic carbocycles. The van der Waals surface area contributed by atoms with Crippen molar-refractivity contribution in [2.24, 2.45) is 5.14 Å². The molecular formula is C17H19F3N2O2S. The molecule has 25 heavy (non-hydrogen) atoms. The molecule has 8 heteroatoms. The van der Waals surface area contributed by atoms with Gasteiger partial charge >= 0.3 is 6.18 Å². The van der Waals surface area contributed by atoms with E-state index in [1.54, 1.807) is 18.2 Å². The van der Waals surface area contributed by atoms with Gasteiger partial charge in [0, 0.05) is 12.6 Å². The van der Waals surface area contributed by atoms with Gasteiger partial charge in [-0.3, -0.25) is 0 Å². The van der Waals surface area contributed by atoms with E-state index in [1.807, 2.05) is 6.92 Å². The maximum absolute atomic E-state index is 13.1. The SMILES string of the molecule is CC[C@@H](NCc1ccccc1C(F)(F)F)c1cccc(S(N)(=O)=O)c1. The summed E-state index contributed by atoms with van der Waals surface area (Å²) in [7, 11) is -3.84. The third-order valence-electron chi connectivity index (χ3n) is 3.86. The minimum absolute atomic E-state index is 0.00773. The molecule has 0 aliphatic heterocycles. The van der Waals surface area contributed by atoms with Crippen molar-refractivity contribution in [3.63, 3.8) is 0 Å². The van der Waals surface area contributed by atoms with Gasteiger partial charge in [0.1, 0.15) is 0 Å². The second-order valence-electron chi connectivity index (χ2n) is 5.61. The van der Waals surface area contributed by atoms with Crippen LogP contribution in [-0.4, -0.2) is 8.42 Å². The van der Waals surface area contributed by atoms with Gasteiger partial charge in [-0.05, 0) is 35.7 Å². The molecule has 0 radical (unpaired) electrons. The molecule has 4 nitrogen and oxygen atoms in total. The Kier molecular flexibility index (Phi) is 5.87. The molecule has 0 aliphatic carbocycles. The lowest BCUT2D eigenvalue weighted by atomic mass is 10.0. The Morgan fingerprint density at radius 1 is 1.12 bits per heavy atom. The first kappa shape index (κ1) is 19.4. The van der Waals surface area contributed by atoms with Crippen LogP contribution in [0.5, 0.6) is 0 Å². The number of sulfonamides is 1. The van der Waals surface area contributed by atoms with E-state index in [4.69, 9.17) is 5.14 Å². The summed E-state index contributed by atoms with van der Waals surface area (Å²) in [5, 5.41) is 8.18. The van der Waals surface area contributed by atoms with E-state index in [0.29, 0.717) is 12.0 Å². The van der Waals surface area contributed by atoms with Crippen molar-refractivity contribution in [2.75, 3.05) is 0 Å². The fourth-order valence-corrected chi connectivity index (χ4v) is 3.16. The Balaban J connectivity index is 2.23. The van der Waals surface area contributed by atoms with E-state index in [2.05, 4.69) is 5.32 Å². The first-order chi connectivity index (χ1) is 11.6. The first-order valence-corrected chi connectivity index (χ1v) is 9.18. The molecule has 0 saturated heterocycles. The maximum atomic E-state index is 13.1. The summed E-state index contributed by atoms with van der Waals surface area (Å²) in [6, 6.07) is 11.1. The van der Waals surface area contributed by atoms with E-state index >= 15 is 0 Å². The van der Waals surface area contributed by atoms with Gasteiger partial charge in [0.05, 0.1) is 10.5 Å². The zero-order valence-electron chi connectivity index (χ0n) is 13.5. The Morgan fingerprint density at radius 2 is 1.80 bits per heavy atom. The maximum Gasteiger partial charge on any atom is 0.416 e. The molecule has 0 aliphatic rings. The van der Waals surface area contributed by atoms with Crippen LogP contribution in [0.25, 0.3) is 0 Å². The number of primary sulfonamides is 1. The zero-order valence-corrected chi connectivity index (χ0v) is 14.4. The van der Waals surface area contributed by atoms with Gasteiger partial charge in [0.2, 0.25) is 10.0 Å². The molecule has 0 amide bonds. The van der Waals surface area contributed by atoms with E-state index in [1.165, 1.54) is 24.3 Å². The number of nitrogens with one attached hydrogen (secondary N) is 1. The van der Waals surface area contributed by atoms with Crippen LogP contribution in [0.2, 0.25) is 0 Å². The van der Waals surface area contributed by atoms with Crippen LogP contribution in [0.1, 0.15) is 36.1 Å². The third-order valence-corrected chi connectivity index (χ3v) is 4.77. The van der Waals surface area contributed by atoms with Crippen molar-refractivity contribution in [1.29, 1.82) is 0 Å². The Labute approximate surface area is 144 Å². The zero-order chi connectivity index (χ0) is 18.7. The number of halogens is 3. The van der Waals surface area contributed by atoms with Crippen LogP contribution in [0.3, 0.4) is 0 Å². The highest BCUT2D eigenvalue weighted by Crippen LogP contribution is 2.32. The Morgan fingerprint density at radius 3 is 2.40 bits per heavy atom. The minimum Gasteiger partial charge on any atom is -0.306 e. The van der Waals surface area contributed by atoms with E-state index in [9.17, 15) is 21.6 Å². The molecule has 3 N–H and O–H groups in total. The van der Waals surface area contributed by atoms with Crippen LogP contribution in [-0.2, 0) is 22.7 Å². The summed E-state index contributed by atoms with van der Waals surface area (Å²) in [5.74, 6) is 0. The largest absolute Gasteiger partial charge is 0.416 e. The fourth-order valence-electron chi connectivity index (χ4n) is 2.59. The van der Waals surface area contributed by atoms with Gasteiger partial charge < -0.3 is 5.32 Å². The topological polar surface area (TPSA) is 72.2 Å². The Bertz CT molecular complexity index is 836. The van der Waals surface area contributed by atoms with Gasteiger partial charge in [-0.2, -0.15) is 13.2 Å². The molecule has 0 saturated carbocycles. The van der Waals surface area contributed by atoms with Crippen molar-refractivity contribution in [2.45, 2.75) is 37.0 Å². The number of nitrogens with two attached hydrogens (primary N) is 1. The number of benzene rings is 2. The lowest BCUT2D eigenvalue weighted by Gasteiger charge is -2.20. The molecule has 2 rings (SSSR count). The minimum atomic E-state index is -4.42. The van der Waals surface area contributed by atoms with Crippen molar-refractivity contribution >= 4 is 10.0 Å². The van der Waals surface area contributed by atoms with Gasteiger partial charge in [0.25, 0.3) is 0 Å². The molecule has 0 heterocycles. The van der Waals surface area contributed by atoms with E-state index < -0.39 is 21.8 Å². The predicted octanol–water partition coefficient (Wildman–Crippen LogP) is 3.59. The van der Waals surface area contributed by atoms with Crippen molar-refractivity contribution in [3.8, 4) is 0 Å². The first-order valence-electron chi connectivity index (χ1n) is 7.64. The number of hydrogen-bond donors (Lipinski definition) is 2. The lowest BCUT2D eigenvalue weighted by molar-refractivity contribution is -0.138. The highest BCUT2D eigenvalue weighted by Gasteiger charge is 2.32. The van der Waals surface area contributed by atoms with Crippen molar-refractivity contribution in [3.05, 3.63) is 65.2 Å². The molecular weight excluding hydrogens is 353 g/mol. The molecule has 0 fully saturated rings. The van der Waals surface area contributed by atoms with Crippen LogP contribution in [0.15, 0.2) is 53.4 Å². The molecule has 0 aromatic heterocycles. The number of rotatable bonds is 6. The standard InChI is InChI=1S/C17H19F3N2O2S/c1-2-16(12-7-5-8-14(10-12)25(21,23)24)22-11-13-6-3-4-9-15(13)17(18,19)20/h3-10,16,22H,2,11H2,1H3,(H2,21,23,24)/t16-/m1/s1. The quantitative estimate of drug-likeness (QED) is 0.814. The Hall–Kier alpha value is -1.90. The predicted molar refractivity (Wildman–Crippen MR) is 89.1 cm³/mol. The summed E-state index contributed by atoms with van der Waals surface area (Å²) < 4.78 is 62.1. The monoisotopic (exact) mass is 372 g/mol. The summed E-state index contributed by atoms with van der Waals surface area (Å²) >= 11 is 0.